The molecule has 2 aromatic rings. The highest BCUT2D eigenvalue weighted by Crippen LogP contribution is 2.39. The summed E-state index contributed by atoms with van der Waals surface area (Å²) < 4.78 is 5.38. The van der Waals surface area contributed by atoms with Crippen molar-refractivity contribution >= 4 is 36.9 Å². The number of amides is 1. The Bertz CT molecular complexity index is 996. The van der Waals surface area contributed by atoms with Gasteiger partial charge >= 0.3 is 5.97 Å². The van der Waals surface area contributed by atoms with Crippen LogP contribution in [-0.4, -0.2) is 42.1 Å². The quantitative estimate of drug-likeness (QED) is 0.720. The van der Waals surface area contributed by atoms with Gasteiger partial charge in [-0.15, -0.1) is 0 Å². The number of ether oxygens (including phenoxy) is 1. The third-order valence-corrected chi connectivity index (χ3v) is 6.10. The predicted octanol–water partition coefficient (Wildman–Crippen LogP) is 3.09. The van der Waals surface area contributed by atoms with E-state index in [2.05, 4.69) is 10.3 Å². The lowest BCUT2D eigenvalue weighted by atomic mass is 9.77. The number of aryl methyl sites for hydroxylation is 1. The van der Waals surface area contributed by atoms with Crippen LogP contribution in [0.4, 0.5) is 0 Å². The smallest absolute Gasteiger partial charge is 0.357 e. The fourth-order valence-corrected chi connectivity index (χ4v) is 4.37. The molecule has 0 bridgehead atoms. The molecular formula is C22H22BClN2O4. The number of benzene rings is 1. The monoisotopic (exact) mass is 424 g/mol. The summed E-state index contributed by atoms with van der Waals surface area (Å²) in [5.74, 6) is -1.61. The maximum Gasteiger partial charge on any atom is 0.357 e. The molecule has 8 heteroatoms. The van der Waals surface area contributed by atoms with E-state index in [1.165, 1.54) is 0 Å². The normalized spacial score (nSPS) is 21.3. The molecule has 2 aliphatic rings. The minimum absolute atomic E-state index is 0.163. The Kier molecular flexibility index (Phi) is 5.60. The second kappa shape index (κ2) is 8.04. The Labute approximate surface area is 181 Å². The molecule has 2 N–H and O–H groups in total. The molecular weight excluding hydrogens is 403 g/mol. The highest BCUT2D eigenvalue weighted by molar-refractivity contribution is 6.35. The Morgan fingerprint density at radius 2 is 2.03 bits per heavy atom. The van der Waals surface area contributed by atoms with Gasteiger partial charge in [-0.3, -0.25) is 9.78 Å². The molecule has 1 aromatic heterocycles. The van der Waals surface area contributed by atoms with Crippen molar-refractivity contribution in [2.24, 2.45) is 0 Å². The zero-order valence-electron chi connectivity index (χ0n) is 16.7. The number of halogens is 1. The van der Waals surface area contributed by atoms with Crippen LogP contribution in [0.25, 0.3) is 11.1 Å². The highest BCUT2D eigenvalue weighted by Gasteiger charge is 2.45. The largest absolute Gasteiger partial charge is 0.478 e. The molecule has 2 fully saturated rings. The molecule has 1 saturated carbocycles. The summed E-state index contributed by atoms with van der Waals surface area (Å²) in [6.07, 6.45) is 3.73. The Morgan fingerprint density at radius 1 is 1.27 bits per heavy atom. The van der Waals surface area contributed by atoms with Gasteiger partial charge in [-0.25, -0.2) is 4.79 Å². The van der Waals surface area contributed by atoms with Crippen molar-refractivity contribution in [3.63, 3.8) is 0 Å². The Hall–Kier alpha value is -2.38. The number of hydrogen-bond acceptors (Lipinski definition) is 4. The summed E-state index contributed by atoms with van der Waals surface area (Å²) in [7, 11) is 6.24. The maximum atomic E-state index is 13.1. The summed E-state index contributed by atoms with van der Waals surface area (Å²) in [4.78, 5) is 29.3. The summed E-state index contributed by atoms with van der Waals surface area (Å²) in [6.45, 7) is 2.23. The molecule has 1 amide bonds. The van der Waals surface area contributed by atoms with E-state index in [-0.39, 0.29) is 30.2 Å². The van der Waals surface area contributed by atoms with Crippen LogP contribution in [0, 0.1) is 6.92 Å². The molecule has 4 rings (SSSR count). The second-order valence-electron chi connectivity index (χ2n) is 8.04. The third-order valence-electron chi connectivity index (χ3n) is 5.88. The third kappa shape index (κ3) is 3.84. The Morgan fingerprint density at radius 3 is 2.60 bits per heavy atom. The van der Waals surface area contributed by atoms with Gasteiger partial charge in [-0.2, -0.15) is 0 Å². The van der Waals surface area contributed by atoms with E-state index in [1.54, 1.807) is 0 Å². The van der Waals surface area contributed by atoms with Crippen molar-refractivity contribution in [1.82, 2.24) is 10.3 Å². The van der Waals surface area contributed by atoms with E-state index in [1.807, 2.05) is 31.2 Å². The van der Waals surface area contributed by atoms with Crippen molar-refractivity contribution in [1.29, 1.82) is 0 Å². The lowest BCUT2D eigenvalue weighted by Crippen LogP contribution is -2.54. The number of aliphatic carboxylic acids is 1. The number of nitrogens with zero attached hydrogens (tertiary/aromatic N) is 1. The van der Waals surface area contributed by atoms with Gasteiger partial charge in [0.2, 0.25) is 5.72 Å². The van der Waals surface area contributed by atoms with E-state index in [0.717, 1.165) is 36.0 Å². The number of pyridine rings is 1. The van der Waals surface area contributed by atoms with E-state index < -0.39 is 17.6 Å². The van der Waals surface area contributed by atoms with E-state index in [0.29, 0.717) is 17.0 Å². The molecule has 1 aromatic carbocycles. The summed E-state index contributed by atoms with van der Waals surface area (Å²) in [6, 6.07) is 7.54. The van der Waals surface area contributed by atoms with Gasteiger partial charge < -0.3 is 15.2 Å². The lowest BCUT2D eigenvalue weighted by Gasteiger charge is -2.30. The van der Waals surface area contributed by atoms with Gasteiger partial charge in [0.05, 0.1) is 6.61 Å². The fourth-order valence-electron chi connectivity index (χ4n) is 4.08. The molecule has 2 heterocycles. The van der Waals surface area contributed by atoms with Crippen LogP contribution in [0.1, 0.15) is 59.6 Å². The zero-order chi connectivity index (χ0) is 21.5. The zero-order valence-corrected chi connectivity index (χ0v) is 17.5. The minimum Gasteiger partial charge on any atom is -0.478 e. The van der Waals surface area contributed by atoms with Crippen LogP contribution in [0.5, 0.6) is 0 Å². The Balaban J connectivity index is 1.75. The summed E-state index contributed by atoms with van der Waals surface area (Å²) in [5.41, 5.74) is 1.96. The van der Waals surface area contributed by atoms with Crippen LogP contribution < -0.4 is 10.9 Å². The van der Waals surface area contributed by atoms with E-state index in [9.17, 15) is 14.7 Å². The number of hydrogen-bond donors (Lipinski definition) is 2. The van der Waals surface area contributed by atoms with E-state index >= 15 is 0 Å². The minimum atomic E-state index is -1.72. The molecule has 1 saturated heterocycles. The molecule has 1 unspecified atom stereocenters. The second-order valence-corrected chi connectivity index (χ2v) is 8.48. The fraction of sp³-hybridized carbons (Fsp3) is 0.409. The van der Waals surface area contributed by atoms with Crippen molar-refractivity contribution in [3.8, 4) is 11.1 Å². The molecule has 0 spiro atoms. The summed E-state index contributed by atoms with van der Waals surface area (Å²) >= 11 is 6.22. The van der Waals surface area contributed by atoms with Gasteiger partial charge in [0.25, 0.3) is 5.91 Å². The molecule has 6 nitrogen and oxygen atoms in total. The first-order chi connectivity index (χ1) is 14.3. The van der Waals surface area contributed by atoms with E-state index in [4.69, 9.17) is 24.2 Å². The number of aromatic nitrogens is 1. The lowest BCUT2D eigenvalue weighted by molar-refractivity contribution is -0.162. The predicted molar refractivity (Wildman–Crippen MR) is 114 cm³/mol. The number of carboxylic acid groups (broad SMARTS) is 1. The van der Waals surface area contributed by atoms with Crippen LogP contribution in [0.15, 0.2) is 24.3 Å². The first kappa shape index (κ1) is 20.9. The van der Waals surface area contributed by atoms with Gasteiger partial charge in [0.15, 0.2) is 0 Å². The number of carbonyl (C=O) groups is 2. The number of nitrogens with one attached hydrogen (secondary N) is 1. The van der Waals surface area contributed by atoms with Crippen LogP contribution in [0.2, 0.25) is 5.02 Å². The van der Waals surface area contributed by atoms with Crippen LogP contribution in [0.3, 0.4) is 0 Å². The average Bonchev–Trinajstić information content (AvgIpc) is 3.10. The number of rotatable bonds is 5. The van der Waals surface area contributed by atoms with Crippen molar-refractivity contribution in [3.05, 3.63) is 46.1 Å². The maximum absolute atomic E-state index is 13.1. The first-order valence-electron chi connectivity index (χ1n) is 10.1. The highest BCUT2D eigenvalue weighted by atomic mass is 35.5. The molecule has 30 heavy (non-hydrogen) atoms. The van der Waals surface area contributed by atoms with Crippen molar-refractivity contribution in [2.75, 3.05) is 6.61 Å². The topological polar surface area (TPSA) is 88.5 Å². The van der Waals surface area contributed by atoms with Crippen molar-refractivity contribution in [2.45, 2.75) is 50.7 Å². The number of carboxylic acids is 1. The van der Waals surface area contributed by atoms with Gasteiger partial charge in [0, 0.05) is 11.4 Å². The average molecular weight is 425 g/mol. The van der Waals surface area contributed by atoms with Gasteiger partial charge in [-0.05, 0) is 78.2 Å². The van der Waals surface area contributed by atoms with Gasteiger partial charge in [0.1, 0.15) is 13.5 Å². The summed E-state index contributed by atoms with van der Waals surface area (Å²) in [5, 5.41) is 12.7. The molecule has 1 atom stereocenters. The molecule has 1 aliphatic heterocycles. The number of carbonyl (C=O) groups excluding carboxylic acids is 1. The molecule has 1 aliphatic carbocycles. The van der Waals surface area contributed by atoms with Crippen LogP contribution in [-0.2, 0) is 9.53 Å². The first-order valence-corrected chi connectivity index (χ1v) is 10.4. The van der Waals surface area contributed by atoms with Crippen molar-refractivity contribution < 1.29 is 19.4 Å². The van der Waals surface area contributed by atoms with Gasteiger partial charge in [-0.1, -0.05) is 24.1 Å². The molecule has 2 radical (unpaired) electrons. The SMILES string of the molecule is [B]c1nc(C(=O)NC2(C(=O)O)CCCO2)c(C2CCC2)cc1-c1cc(C)cc(Cl)c1. The molecule has 154 valence electrons. The van der Waals surface area contributed by atoms with Crippen LogP contribution >= 0.6 is 11.6 Å². The standard InChI is InChI=1S/C22H22BClN2O4/c1-12-8-14(10-15(24)9-12)17-11-16(13-4-2-5-13)18(25-19(17)23)20(27)26-22(21(28)29)6-3-7-30-22/h8-11,13H,2-7H2,1H3,(H,26,27)(H,28,29).